The van der Waals surface area contributed by atoms with Crippen LogP contribution in [-0.2, 0) is 25.6 Å². The first kappa shape index (κ1) is 13.8. The summed E-state index contributed by atoms with van der Waals surface area (Å²) in [5, 5.41) is 0. The SMILES string of the molecule is C=CCO[C@@H]1CO[C@H]2[C@@H]1OC[C@@H]2OCc1ccccc1. The molecule has 1 aromatic carbocycles. The zero-order valence-corrected chi connectivity index (χ0v) is 11.4. The van der Waals surface area contributed by atoms with Crippen molar-refractivity contribution in [2.24, 2.45) is 0 Å². The van der Waals surface area contributed by atoms with Crippen LogP contribution in [0.1, 0.15) is 5.56 Å². The van der Waals surface area contributed by atoms with E-state index in [0.29, 0.717) is 26.4 Å². The molecule has 0 saturated carbocycles. The molecule has 4 atom stereocenters. The third-order valence-electron chi connectivity index (χ3n) is 3.70. The van der Waals surface area contributed by atoms with Crippen LogP contribution in [0.5, 0.6) is 0 Å². The average Bonchev–Trinajstić information content (AvgIpc) is 3.06. The molecule has 2 fully saturated rings. The van der Waals surface area contributed by atoms with Gasteiger partial charge in [-0.25, -0.2) is 0 Å². The maximum absolute atomic E-state index is 5.93. The second-order valence-corrected chi connectivity index (χ2v) is 5.09. The van der Waals surface area contributed by atoms with Gasteiger partial charge in [0.05, 0.1) is 26.4 Å². The lowest BCUT2D eigenvalue weighted by Crippen LogP contribution is -2.34. The summed E-state index contributed by atoms with van der Waals surface area (Å²) in [5.41, 5.74) is 1.16. The van der Waals surface area contributed by atoms with Gasteiger partial charge in [-0.3, -0.25) is 0 Å². The summed E-state index contributed by atoms with van der Waals surface area (Å²) in [6, 6.07) is 10.1. The van der Waals surface area contributed by atoms with E-state index in [1.807, 2.05) is 18.2 Å². The number of benzene rings is 1. The Morgan fingerprint density at radius 3 is 2.35 bits per heavy atom. The smallest absolute Gasteiger partial charge is 0.115 e. The van der Waals surface area contributed by atoms with E-state index in [1.165, 1.54) is 0 Å². The Morgan fingerprint density at radius 2 is 1.70 bits per heavy atom. The highest BCUT2D eigenvalue weighted by Crippen LogP contribution is 2.30. The van der Waals surface area contributed by atoms with Gasteiger partial charge < -0.3 is 18.9 Å². The Labute approximate surface area is 119 Å². The summed E-state index contributed by atoms with van der Waals surface area (Å²) in [5.74, 6) is 0. The summed E-state index contributed by atoms with van der Waals surface area (Å²) < 4.78 is 23.1. The number of hydrogen-bond acceptors (Lipinski definition) is 4. The van der Waals surface area contributed by atoms with Crippen LogP contribution in [-0.4, -0.2) is 44.2 Å². The Balaban J connectivity index is 1.52. The van der Waals surface area contributed by atoms with Gasteiger partial charge in [-0.15, -0.1) is 6.58 Å². The highest BCUT2D eigenvalue weighted by Gasteiger charge is 2.48. The molecule has 0 N–H and O–H groups in total. The van der Waals surface area contributed by atoms with Crippen molar-refractivity contribution in [2.75, 3.05) is 19.8 Å². The number of ether oxygens (including phenoxy) is 4. The van der Waals surface area contributed by atoms with E-state index < -0.39 is 0 Å². The van der Waals surface area contributed by atoms with E-state index in [-0.39, 0.29) is 24.4 Å². The van der Waals surface area contributed by atoms with Gasteiger partial charge in [-0.05, 0) is 5.56 Å². The van der Waals surface area contributed by atoms with Gasteiger partial charge in [0, 0.05) is 0 Å². The Kier molecular flexibility index (Phi) is 4.47. The predicted octanol–water partition coefficient (Wildman–Crippen LogP) is 1.94. The van der Waals surface area contributed by atoms with Gasteiger partial charge >= 0.3 is 0 Å². The topological polar surface area (TPSA) is 36.9 Å². The van der Waals surface area contributed by atoms with Crippen molar-refractivity contribution >= 4 is 0 Å². The molecule has 2 aliphatic rings. The normalized spacial score (nSPS) is 32.2. The molecule has 3 rings (SSSR count). The van der Waals surface area contributed by atoms with Crippen molar-refractivity contribution in [3.05, 3.63) is 48.6 Å². The standard InChI is InChI=1S/C16H20O4/c1-2-8-17-13-10-19-16-14(11-20-15(13)16)18-9-12-6-4-3-5-7-12/h2-7,13-16H,1,8-11H2/t13-,14+,15-,16-/m1/s1. The lowest BCUT2D eigenvalue weighted by Gasteiger charge is -2.17. The molecule has 2 saturated heterocycles. The van der Waals surface area contributed by atoms with Crippen LogP contribution < -0.4 is 0 Å². The quantitative estimate of drug-likeness (QED) is 0.744. The van der Waals surface area contributed by atoms with Gasteiger partial charge in [-0.2, -0.15) is 0 Å². The third kappa shape index (κ3) is 2.94. The zero-order valence-electron chi connectivity index (χ0n) is 11.4. The molecule has 0 aromatic heterocycles. The van der Waals surface area contributed by atoms with Crippen molar-refractivity contribution in [3.8, 4) is 0 Å². The molecule has 1 aromatic rings. The fourth-order valence-electron chi connectivity index (χ4n) is 2.68. The van der Waals surface area contributed by atoms with E-state index in [1.54, 1.807) is 6.08 Å². The molecule has 4 nitrogen and oxygen atoms in total. The first-order chi connectivity index (χ1) is 9.88. The fourth-order valence-corrected chi connectivity index (χ4v) is 2.68. The lowest BCUT2D eigenvalue weighted by molar-refractivity contribution is -0.0510. The van der Waals surface area contributed by atoms with Crippen LogP contribution in [0, 0.1) is 0 Å². The second kappa shape index (κ2) is 6.50. The Morgan fingerprint density at radius 1 is 1.05 bits per heavy atom. The van der Waals surface area contributed by atoms with Crippen LogP contribution >= 0.6 is 0 Å². The lowest BCUT2D eigenvalue weighted by atomic mass is 10.1. The molecule has 2 heterocycles. The van der Waals surface area contributed by atoms with Gasteiger partial charge in [0.2, 0.25) is 0 Å². The molecule has 108 valence electrons. The molecule has 0 unspecified atom stereocenters. The summed E-state index contributed by atoms with van der Waals surface area (Å²) in [6.45, 7) is 5.89. The molecule has 0 radical (unpaired) electrons. The van der Waals surface area contributed by atoms with Crippen LogP contribution in [0.2, 0.25) is 0 Å². The van der Waals surface area contributed by atoms with E-state index in [4.69, 9.17) is 18.9 Å². The predicted molar refractivity (Wildman–Crippen MR) is 74.4 cm³/mol. The first-order valence-electron chi connectivity index (χ1n) is 6.99. The molecule has 4 heteroatoms. The molecule has 0 spiro atoms. The van der Waals surface area contributed by atoms with Crippen molar-refractivity contribution in [2.45, 2.75) is 31.0 Å². The van der Waals surface area contributed by atoms with Crippen molar-refractivity contribution in [1.29, 1.82) is 0 Å². The van der Waals surface area contributed by atoms with Gasteiger partial charge in [0.25, 0.3) is 0 Å². The number of rotatable bonds is 6. The Bertz CT molecular complexity index is 433. The zero-order chi connectivity index (χ0) is 13.8. The van der Waals surface area contributed by atoms with E-state index >= 15 is 0 Å². The average molecular weight is 276 g/mol. The van der Waals surface area contributed by atoms with Gasteiger partial charge in [0.1, 0.15) is 24.4 Å². The maximum Gasteiger partial charge on any atom is 0.115 e. The summed E-state index contributed by atoms with van der Waals surface area (Å²) in [4.78, 5) is 0. The highest BCUT2D eigenvalue weighted by atomic mass is 16.6. The summed E-state index contributed by atoms with van der Waals surface area (Å²) >= 11 is 0. The van der Waals surface area contributed by atoms with Crippen molar-refractivity contribution in [1.82, 2.24) is 0 Å². The van der Waals surface area contributed by atoms with Gasteiger partial charge in [0.15, 0.2) is 0 Å². The van der Waals surface area contributed by atoms with Crippen LogP contribution in [0.15, 0.2) is 43.0 Å². The minimum atomic E-state index is -0.0199. The monoisotopic (exact) mass is 276 g/mol. The molecule has 2 aliphatic heterocycles. The maximum atomic E-state index is 5.93. The molecular weight excluding hydrogens is 256 g/mol. The summed E-state index contributed by atoms with van der Waals surface area (Å²) in [7, 11) is 0. The van der Waals surface area contributed by atoms with Gasteiger partial charge in [-0.1, -0.05) is 36.4 Å². The minimum absolute atomic E-state index is 0.0108. The largest absolute Gasteiger partial charge is 0.370 e. The van der Waals surface area contributed by atoms with Crippen molar-refractivity contribution < 1.29 is 18.9 Å². The van der Waals surface area contributed by atoms with Crippen LogP contribution in [0.3, 0.4) is 0 Å². The summed E-state index contributed by atoms with van der Waals surface area (Å²) in [6.07, 6.45) is 1.68. The van der Waals surface area contributed by atoms with E-state index in [2.05, 4.69) is 18.7 Å². The highest BCUT2D eigenvalue weighted by molar-refractivity contribution is 5.13. The Hall–Kier alpha value is -1.20. The van der Waals surface area contributed by atoms with E-state index in [9.17, 15) is 0 Å². The van der Waals surface area contributed by atoms with Crippen molar-refractivity contribution in [3.63, 3.8) is 0 Å². The number of hydrogen-bond donors (Lipinski definition) is 0. The van der Waals surface area contributed by atoms with Crippen LogP contribution in [0.4, 0.5) is 0 Å². The molecule has 20 heavy (non-hydrogen) atoms. The minimum Gasteiger partial charge on any atom is -0.370 e. The second-order valence-electron chi connectivity index (χ2n) is 5.09. The third-order valence-corrected chi connectivity index (χ3v) is 3.70. The number of fused-ring (bicyclic) bond motifs is 1. The van der Waals surface area contributed by atoms with E-state index in [0.717, 1.165) is 5.56 Å². The molecule has 0 bridgehead atoms. The van der Waals surface area contributed by atoms with Crippen LogP contribution in [0.25, 0.3) is 0 Å². The first-order valence-corrected chi connectivity index (χ1v) is 6.99. The molecule has 0 aliphatic carbocycles. The molecular formula is C16H20O4. The fraction of sp³-hybridized carbons (Fsp3) is 0.500. The molecule has 0 amide bonds.